The number of hydrogen-bond donors (Lipinski definition) is 2. The van der Waals surface area contributed by atoms with Crippen molar-refractivity contribution in [2.24, 2.45) is 5.92 Å². The van der Waals surface area contributed by atoms with Gasteiger partial charge in [-0.15, -0.1) is 0 Å². The first-order chi connectivity index (χ1) is 15.8. The Balaban J connectivity index is 1.40. The fraction of sp³-hybridized carbons (Fsp3) is 0.615. The third-order valence-electron chi connectivity index (χ3n) is 7.42. The molecular weight excluding hydrogens is 424 g/mol. The van der Waals surface area contributed by atoms with Crippen LogP contribution < -0.4 is 10.6 Å². The van der Waals surface area contributed by atoms with E-state index in [1.807, 2.05) is 19.1 Å². The average molecular weight is 460 g/mol. The molecule has 0 bridgehead atoms. The number of piperidine rings is 1. The van der Waals surface area contributed by atoms with Crippen LogP contribution in [0.1, 0.15) is 79.8 Å². The van der Waals surface area contributed by atoms with Crippen molar-refractivity contribution in [1.29, 1.82) is 0 Å². The predicted molar refractivity (Wildman–Crippen MR) is 124 cm³/mol. The van der Waals surface area contributed by atoms with E-state index in [9.17, 15) is 18.4 Å². The second-order valence-electron chi connectivity index (χ2n) is 9.96. The largest absolute Gasteiger partial charge is 0.329 e. The van der Waals surface area contributed by atoms with Gasteiger partial charge in [-0.2, -0.15) is 0 Å². The van der Waals surface area contributed by atoms with Crippen LogP contribution in [-0.2, 0) is 17.8 Å². The zero-order valence-electron chi connectivity index (χ0n) is 19.4. The van der Waals surface area contributed by atoms with Gasteiger partial charge in [-0.25, -0.2) is 8.78 Å². The van der Waals surface area contributed by atoms with Crippen LogP contribution in [0.5, 0.6) is 0 Å². The second-order valence-corrected chi connectivity index (χ2v) is 9.96. The van der Waals surface area contributed by atoms with E-state index in [2.05, 4.69) is 23.3 Å². The molecule has 33 heavy (non-hydrogen) atoms. The predicted octanol–water partition coefficient (Wildman–Crippen LogP) is 4.56. The maximum absolute atomic E-state index is 13.0. The van der Waals surface area contributed by atoms with Crippen molar-refractivity contribution in [3.63, 3.8) is 0 Å². The van der Waals surface area contributed by atoms with Gasteiger partial charge in [0.15, 0.2) is 0 Å². The molecule has 0 radical (unpaired) electrons. The molecule has 0 spiro atoms. The van der Waals surface area contributed by atoms with Crippen LogP contribution in [-0.4, -0.2) is 41.3 Å². The van der Waals surface area contributed by atoms with Gasteiger partial charge in [-0.3, -0.25) is 9.59 Å². The number of hydrogen-bond acceptors (Lipinski definition) is 3. The standard InChI is InChI=1S/C26H35F2N3O2/c1-16(8-12-24(27)28)29-22-6-4-3-5-19(22)13-18-9-10-21-20(14-18)15-31(26(21)33)23-11-7-17(2)30-25(23)32/h9-10,14,16,19,22-24,29H,2-8,11-13,15H2,1H3,(H,30,32)/t16?,19-,22+,23?/m1/s1. The summed E-state index contributed by atoms with van der Waals surface area (Å²) in [5.41, 5.74) is 3.58. The molecular formula is C26H35F2N3O2. The molecule has 2 aliphatic heterocycles. The molecule has 1 aliphatic carbocycles. The lowest BCUT2D eigenvalue weighted by Crippen LogP contribution is -2.49. The van der Waals surface area contributed by atoms with Gasteiger partial charge in [0.05, 0.1) is 0 Å². The Kier molecular flexibility index (Phi) is 7.47. The van der Waals surface area contributed by atoms with E-state index in [1.165, 1.54) is 18.4 Å². The first-order valence-electron chi connectivity index (χ1n) is 12.3. The highest BCUT2D eigenvalue weighted by atomic mass is 19.3. The summed E-state index contributed by atoms with van der Waals surface area (Å²) in [4.78, 5) is 27.1. The number of amides is 2. The maximum Gasteiger partial charge on any atom is 0.255 e. The number of carbonyl (C=O) groups is 2. The van der Waals surface area contributed by atoms with Crippen LogP contribution in [0.4, 0.5) is 8.78 Å². The SMILES string of the molecule is C=C1CCC(N2Cc3cc(C[C@H]4CCCC[C@@H]4NC(C)CCC(F)F)ccc3C2=O)C(=O)N1. The number of carbonyl (C=O) groups excluding carboxylic acids is 2. The first kappa shape index (κ1) is 23.9. The summed E-state index contributed by atoms with van der Waals surface area (Å²) >= 11 is 0. The topological polar surface area (TPSA) is 61.4 Å². The quantitative estimate of drug-likeness (QED) is 0.599. The minimum atomic E-state index is -2.25. The summed E-state index contributed by atoms with van der Waals surface area (Å²) in [6.07, 6.45) is 4.93. The Labute approximate surface area is 195 Å². The van der Waals surface area contributed by atoms with E-state index in [-0.39, 0.29) is 24.3 Å². The average Bonchev–Trinajstić information content (AvgIpc) is 3.09. The van der Waals surface area contributed by atoms with E-state index in [0.717, 1.165) is 24.8 Å². The molecule has 2 unspecified atom stereocenters. The van der Waals surface area contributed by atoms with Crippen molar-refractivity contribution in [2.45, 2.75) is 95.8 Å². The van der Waals surface area contributed by atoms with E-state index < -0.39 is 12.5 Å². The lowest BCUT2D eigenvalue weighted by Gasteiger charge is -2.35. The summed E-state index contributed by atoms with van der Waals surface area (Å²) in [6.45, 7) is 6.28. The molecule has 180 valence electrons. The van der Waals surface area contributed by atoms with E-state index in [0.29, 0.717) is 49.0 Å². The van der Waals surface area contributed by atoms with Crippen molar-refractivity contribution in [3.05, 3.63) is 47.2 Å². The molecule has 4 atom stereocenters. The summed E-state index contributed by atoms with van der Waals surface area (Å²) < 4.78 is 25.2. The van der Waals surface area contributed by atoms with Gasteiger partial charge >= 0.3 is 0 Å². The molecule has 2 N–H and O–H groups in total. The summed E-state index contributed by atoms with van der Waals surface area (Å²) in [7, 11) is 0. The molecule has 1 saturated heterocycles. The third-order valence-corrected chi connectivity index (χ3v) is 7.42. The van der Waals surface area contributed by atoms with Gasteiger partial charge in [0.1, 0.15) is 6.04 Å². The van der Waals surface area contributed by atoms with Gasteiger partial charge in [0.2, 0.25) is 12.3 Å². The molecule has 4 rings (SSSR count). The van der Waals surface area contributed by atoms with Crippen molar-refractivity contribution < 1.29 is 18.4 Å². The Hall–Kier alpha value is -2.28. The molecule has 2 heterocycles. The zero-order chi connectivity index (χ0) is 23.5. The number of alkyl halides is 2. The maximum atomic E-state index is 13.0. The highest BCUT2D eigenvalue weighted by molar-refractivity contribution is 6.01. The molecule has 2 fully saturated rings. The number of rotatable bonds is 8. The van der Waals surface area contributed by atoms with Crippen LogP contribution in [0.25, 0.3) is 0 Å². The van der Waals surface area contributed by atoms with Crippen LogP contribution in [0, 0.1) is 5.92 Å². The van der Waals surface area contributed by atoms with E-state index in [4.69, 9.17) is 0 Å². The fourth-order valence-corrected chi connectivity index (χ4v) is 5.63. The Bertz CT molecular complexity index is 904. The van der Waals surface area contributed by atoms with Crippen molar-refractivity contribution in [3.8, 4) is 0 Å². The summed E-state index contributed by atoms with van der Waals surface area (Å²) in [5, 5.41) is 6.39. The number of fused-ring (bicyclic) bond motifs is 1. The number of nitrogens with zero attached hydrogens (tertiary/aromatic N) is 1. The second kappa shape index (κ2) is 10.3. The fourth-order valence-electron chi connectivity index (χ4n) is 5.63. The summed E-state index contributed by atoms with van der Waals surface area (Å²) in [6, 6.07) is 6.03. The molecule has 5 nitrogen and oxygen atoms in total. The highest BCUT2D eigenvalue weighted by Gasteiger charge is 2.38. The Morgan fingerprint density at radius 1 is 1.18 bits per heavy atom. The van der Waals surface area contributed by atoms with Gasteiger partial charge in [0, 0.05) is 36.3 Å². The van der Waals surface area contributed by atoms with Crippen LogP contribution in [0.2, 0.25) is 0 Å². The smallest absolute Gasteiger partial charge is 0.255 e. The molecule has 2 amide bonds. The lowest BCUT2D eigenvalue weighted by molar-refractivity contribution is -0.126. The molecule has 3 aliphatic rings. The lowest BCUT2D eigenvalue weighted by atomic mass is 9.80. The molecule has 1 aromatic rings. The van der Waals surface area contributed by atoms with Gasteiger partial charge < -0.3 is 15.5 Å². The normalized spacial score (nSPS) is 26.5. The van der Waals surface area contributed by atoms with Crippen molar-refractivity contribution >= 4 is 11.8 Å². The minimum Gasteiger partial charge on any atom is -0.329 e. The molecule has 7 heteroatoms. The van der Waals surface area contributed by atoms with Crippen LogP contribution in [0.3, 0.4) is 0 Å². The highest BCUT2D eigenvalue weighted by Crippen LogP contribution is 2.32. The van der Waals surface area contributed by atoms with Gasteiger partial charge in [-0.05, 0) is 68.6 Å². The summed E-state index contributed by atoms with van der Waals surface area (Å²) in [5.74, 6) is 0.230. The number of halogens is 2. The number of benzene rings is 1. The van der Waals surface area contributed by atoms with Crippen LogP contribution in [0.15, 0.2) is 30.5 Å². The number of allylic oxidation sites excluding steroid dienone is 1. The molecule has 1 saturated carbocycles. The van der Waals surface area contributed by atoms with Crippen molar-refractivity contribution in [2.75, 3.05) is 0 Å². The van der Waals surface area contributed by atoms with E-state index in [1.54, 1.807) is 4.90 Å². The Morgan fingerprint density at radius 3 is 2.73 bits per heavy atom. The minimum absolute atomic E-state index is 0.0615. The Morgan fingerprint density at radius 2 is 1.97 bits per heavy atom. The van der Waals surface area contributed by atoms with Crippen molar-refractivity contribution in [1.82, 2.24) is 15.5 Å². The van der Waals surface area contributed by atoms with Gasteiger partial charge in [0.25, 0.3) is 5.91 Å². The monoisotopic (exact) mass is 459 g/mol. The molecule has 0 aromatic heterocycles. The molecule has 1 aromatic carbocycles. The third kappa shape index (κ3) is 5.62. The van der Waals surface area contributed by atoms with Gasteiger partial charge in [-0.1, -0.05) is 31.6 Å². The van der Waals surface area contributed by atoms with Crippen LogP contribution >= 0.6 is 0 Å². The van der Waals surface area contributed by atoms with E-state index >= 15 is 0 Å². The first-order valence-corrected chi connectivity index (χ1v) is 12.3. The number of nitrogens with one attached hydrogen (secondary N) is 2. The zero-order valence-corrected chi connectivity index (χ0v) is 19.4.